The molecule has 120 valence electrons. The fourth-order valence-electron chi connectivity index (χ4n) is 2.78. The van der Waals surface area contributed by atoms with Gasteiger partial charge in [0, 0.05) is 12.7 Å². The predicted molar refractivity (Wildman–Crippen MR) is 75.0 cm³/mol. The largest absolute Gasteiger partial charge is 0.391 e. The molecule has 1 aliphatic heterocycles. The number of aliphatic hydroxyl groups is 1. The number of aliphatic hydroxyl groups excluding tert-OH is 1. The van der Waals surface area contributed by atoms with Gasteiger partial charge in [-0.15, -0.1) is 0 Å². The van der Waals surface area contributed by atoms with Crippen LogP contribution in [0.1, 0.15) is 28.4 Å². The van der Waals surface area contributed by atoms with Crippen LogP contribution in [-0.4, -0.2) is 33.5 Å². The molecule has 2 heterocycles. The highest BCUT2D eigenvalue weighted by Gasteiger charge is 2.36. The summed E-state index contributed by atoms with van der Waals surface area (Å²) in [6.07, 6.45) is 1.56. The maximum atomic E-state index is 13.8. The van der Waals surface area contributed by atoms with Gasteiger partial charge < -0.3 is 10.0 Å². The number of hydrogen-bond donors (Lipinski definition) is 1. The Morgan fingerprint density at radius 3 is 2.65 bits per heavy atom. The molecule has 2 aromatic rings. The summed E-state index contributed by atoms with van der Waals surface area (Å²) >= 11 is 0. The minimum atomic E-state index is -1.04. The Bertz CT molecular complexity index is 754. The summed E-state index contributed by atoms with van der Waals surface area (Å²) in [5.74, 6) is -3.43. The number of halogens is 3. The van der Waals surface area contributed by atoms with Gasteiger partial charge in [-0.05, 0) is 30.2 Å². The minimum absolute atomic E-state index is 0.00966. The second kappa shape index (κ2) is 6.00. The van der Waals surface area contributed by atoms with Crippen molar-refractivity contribution in [2.75, 3.05) is 6.54 Å². The van der Waals surface area contributed by atoms with E-state index in [1.165, 1.54) is 23.2 Å². The second-order valence-corrected chi connectivity index (χ2v) is 5.39. The highest BCUT2D eigenvalue weighted by molar-refractivity contribution is 5.94. The summed E-state index contributed by atoms with van der Waals surface area (Å²) in [4.78, 5) is 17.4. The van der Waals surface area contributed by atoms with E-state index in [2.05, 4.69) is 4.98 Å². The molecule has 4 nitrogen and oxygen atoms in total. The molecule has 0 unspecified atom stereocenters. The molecule has 1 saturated heterocycles. The van der Waals surface area contributed by atoms with Gasteiger partial charge in [0.15, 0.2) is 17.5 Å². The van der Waals surface area contributed by atoms with Crippen LogP contribution in [0.4, 0.5) is 13.2 Å². The highest BCUT2D eigenvalue weighted by Crippen LogP contribution is 2.34. The first-order valence-corrected chi connectivity index (χ1v) is 7.01. The third-order valence-corrected chi connectivity index (χ3v) is 3.87. The second-order valence-electron chi connectivity index (χ2n) is 5.39. The number of carbonyl (C=O) groups is 1. The van der Waals surface area contributed by atoms with Crippen LogP contribution in [0.5, 0.6) is 0 Å². The summed E-state index contributed by atoms with van der Waals surface area (Å²) in [6.45, 7) is -0.00966. The fourth-order valence-corrected chi connectivity index (χ4v) is 2.78. The molecular weight excluding hydrogens is 309 g/mol. The number of β-amino-alcohol motifs (C(OH)–C–C–N with tert-alkyl or cyclic N) is 1. The van der Waals surface area contributed by atoms with Crippen LogP contribution >= 0.6 is 0 Å². The van der Waals surface area contributed by atoms with E-state index >= 15 is 0 Å². The van der Waals surface area contributed by atoms with Crippen LogP contribution in [0.25, 0.3) is 0 Å². The average Bonchev–Trinajstić information content (AvgIpc) is 2.92. The molecule has 1 N–H and O–H groups in total. The molecule has 0 spiro atoms. The molecule has 0 saturated carbocycles. The van der Waals surface area contributed by atoms with Gasteiger partial charge in [-0.25, -0.2) is 13.2 Å². The van der Waals surface area contributed by atoms with Crippen LogP contribution in [0.15, 0.2) is 36.7 Å². The van der Waals surface area contributed by atoms with Crippen LogP contribution in [0.2, 0.25) is 0 Å². The number of likely N-dealkylation sites (tertiary alicyclic amines) is 1. The van der Waals surface area contributed by atoms with Crippen molar-refractivity contribution in [2.24, 2.45) is 0 Å². The molecule has 1 fully saturated rings. The lowest BCUT2D eigenvalue weighted by atomic mass is 10.0. The number of hydrogen-bond acceptors (Lipinski definition) is 3. The van der Waals surface area contributed by atoms with Crippen molar-refractivity contribution in [3.63, 3.8) is 0 Å². The first kappa shape index (κ1) is 15.5. The smallest absolute Gasteiger partial charge is 0.257 e. The number of nitrogens with zero attached hydrogens (tertiary/aromatic N) is 2. The number of amides is 1. The Morgan fingerprint density at radius 2 is 1.96 bits per heavy atom. The summed E-state index contributed by atoms with van der Waals surface area (Å²) in [5.41, 5.74) is 0.171. The van der Waals surface area contributed by atoms with Crippen molar-refractivity contribution < 1.29 is 23.1 Å². The average molecular weight is 322 g/mol. The first-order chi connectivity index (χ1) is 11.0. The van der Waals surface area contributed by atoms with E-state index in [4.69, 9.17) is 0 Å². The fraction of sp³-hybridized carbons (Fsp3) is 0.250. The van der Waals surface area contributed by atoms with E-state index in [1.54, 1.807) is 0 Å². The third-order valence-electron chi connectivity index (χ3n) is 3.87. The zero-order valence-corrected chi connectivity index (χ0v) is 11.9. The Morgan fingerprint density at radius 1 is 1.17 bits per heavy atom. The third kappa shape index (κ3) is 2.92. The van der Waals surface area contributed by atoms with Gasteiger partial charge in [0.1, 0.15) is 0 Å². The van der Waals surface area contributed by atoms with Gasteiger partial charge >= 0.3 is 0 Å². The van der Waals surface area contributed by atoms with Crippen molar-refractivity contribution in [3.8, 4) is 0 Å². The number of carbonyl (C=O) groups excluding carboxylic acids is 1. The van der Waals surface area contributed by atoms with E-state index in [1.807, 2.05) is 0 Å². The zero-order valence-electron chi connectivity index (χ0n) is 11.9. The van der Waals surface area contributed by atoms with Crippen molar-refractivity contribution in [1.82, 2.24) is 9.88 Å². The van der Waals surface area contributed by atoms with Crippen molar-refractivity contribution in [3.05, 3.63) is 65.2 Å². The first-order valence-electron chi connectivity index (χ1n) is 7.01. The van der Waals surface area contributed by atoms with Gasteiger partial charge in [-0.3, -0.25) is 9.78 Å². The zero-order chi connectivity index (χ0) is 16.6. The standard InChI is InChI=1S/C16H13F3N2O2/c17-12-2-1-9(5-13(12)18)15-6-10(22)8-21(15)16(23)11-3-4-20-7-14(11)19/h1-5,7,10,15,22H,6,8H2/t10-,15-/m1/s1. The summed E-state index contributed by atoms with van der Waals surface area (Å²) < 4.78 is 40.3. The number of benzene rings is 1. The molecule has 0 aliphatic carbocycles. The van der Waals surface area contributed by atoms with E-state index in [0.717, 1.165) is 18.3 Å². The van der Waals surface area contributed by atoms with E-state index < -0.39 is 35.5 Å². The van der Waals surface area contributed by atoms with Crippen LogP contribution in [-0.2, 0) is 0 Å². The Labute approximate surface area is 130 Å². The van der Waals surface area contributed by atoms with Crippen molar-refractivity contribution in [1.29, 1.82) is 0 Å². The van der Waals surface area contributed by atoms with E-state index in [-0.39, 0.29) is 18.5 Å². The molecule has 1 aromatic carbocycles. The minimum Gasteiger partial charge on any atom is -0.391 e. The van der Waals surface area contributed by atoms with Gasteiger partial charge in [0.05, 0.1) is 23.9 Å². The molecule has 1 amide bonds. The van der Waals surface area contributed by atoms with Crippen LogP contribution < -0.4 is 0 Å². The Balaban J connectivity index is 1.95. The molecular formula is C16H13F3N2O2. The summed E-state index contributed by atoms with van der Waals surface area (Å²) in [7, 11) is 0. The lowest BCUT2D eigenvalue weighted by Crippen LogP contribution is -2.32. The van der Waals surface area contributed by atoms with Gasteiger partial charge in [0.2, 0.25) is 0 Å². The van der Waals surface area contributed by atoms with Gasteiger partial charge in [-0.2, -0.15) is 0 Å². The Kier molecular flexibility index (Phi) is 4.04. The molecule has 1 aliphatic rings. The number of pyridine rings is 1. The van der Waals surface area contributed by atoms with E-state index in [0.29, 0.717) is 5.56 Å². The summed E-state index contributed by atoms with van der Waals surface area (Å²) in [5, 5.41) is 9.85. The highest BCUT2D eigenvalue weighted by atomic mass is 19.2. The van der Waals surface area contributed by atoms with Crippen LogP contribution in [0, 0.1) is 17.5 Å². The summed E-state index contributed by atoms with van der Waals surface area (Å²) in [6, 6.07) is 3.89. The quantitative estimate of drug-likeness (QED) is 0.924. The van der Waals surface area contributed by atoms with Crippen LogP contribution in [0.3, 0.4) is 0 Å². The maximum Gasteiger partial charge on any atom is 0.257 e. The molecule has 23 heavy (non-hydrogen) atoms. The van der Waals surface area contributed by atoms with Crippen molar-refractivity contribution in [2.45, 2.75) is 18.6 Å². The number of aromatic nitrogens is 1. The molecule has 7 heteroatoms. The molecule has 3 rings (SSSR count). The van der Waals surface area contributed by atoms with Crippen molar-refractivity contribution >= 4 is 5.91 Å². The topological polar surface area (TPSA) is 53.4 Å². The van der Waals surface area contributed by atoms with E-state index in [9.17, 15) is 23.1 Å². The molecule has 2 atom stereocenters. The number of rotatable bonds is 2. The lowest BCUT2D eigenvalue weighted by molar-refractivity contribution is 0.0710. The molecule has 0 radical (unpaired) electrons. The normalized spacial score (nSPS) is 20.8. The van der Waals surface area contributed by atoms with Gasteiger partial charge in [-0.1, -0.05) is 6.07 Å². The Hall–Kier alpha value is -2.41. The monoisotopic (exact) mass is 322 g/mol. The van der Waals surface area contributed by atoms with Gasteiger partial charge in [0.25, 0.3) is 5.91 Å². The molecule has 1 aromatic heterocycles. The predicted octanol–water partition coefficient (Wildman–Crippen LogP) is 2.45. The molecule has 0 bridgehead atoms. The lowest BCUT2D eigenvalue weighted by Gasteiger charge is -2.25. The SMILES string of the molecule is O=C(c1ccncc1F)N1C[C@H](O)C[C@@H]1c1ccc(F)c(F)c1. The maximum absolute atomic E-state index is 13.8.